The van der Waals surface area contributed by atoms with Crippen LogP contribution in [0, 0.1) is 0 Å². The molecule has 0 saturated heterocycles. The Morgan fingerprint density at radius 3 is 2.03 bits per heavy atom. The molecule has 0 unspecified atom stereocenters. The van der Waals surface area contributed by atoms with Gasteiger partial charge in [0, 0.05) is 18.2 Å². The summed E-state index contributed by atoms with van der Waals surface area (Å²) in [6.07, 6.45) is -4.83. The maximum atomic E-state index is 13.1. The van der Waals surface area contributed by atoms with E-state index in [2.05, 4.69) is 9.46 Å². The average Bonchev–Trinajstić information content (AvgIpc) is 2.77. The molecule has 6 nitrogen and oxygen atoms in total. The van der Waals surface area contributed by atoms with Crippen LogP contribution in [0.15, 0.2) is 71.6 Å². The second-order valence-electron chi connectivity index (χ2n) is 6.59. The summed E-state index contributed by atoms with van der Waals surface area (Å²) < 4.78 is 80.6. The smallest absolute Gasteiger partial charge is 0.493 e. The fraction of sp³-hybridized carbons (Fsp3) is 0.182. The molecule has 0 radical (unpaired) electrons. The van der Waals surface area contributed by atoms with Crippen molar-refractivity contribution in [3.8, 4) is 28.4 Å². The van der Waals surface area contributed by atoms with Crippen molar-refractivity contribution in [2.75, 3.05) is 14.2 Å². The maximum absolute atomic E-state index is 13.1. The van der Waals surface area contributed by atoms with Gasteiger partial charge < -0.3 is 14.2 Å². The number of hydrogen-bond donors (Lipinski definition) is 1. The number of benzene rings is 3. The Morgan fingerprint density at radius 1 is 0.875 bits per heavy atom. The predicted octanol–water partition coefficient (Wildman–Crippen LogP) is 4.75. The standard InChI is InChI=1S/C22H20F3NO5S/c1-29-19-12-18(16-8-10-17(11-9-16)31-22(23,24)25)21(13-20(19)30-2)32(27,28)26-14-15-6-4-3-5-7-15/h3-13,26H,14H2,1-2H3. The monoisotopic (exact) mass is 467 g/mol. The van der Waals surface area contributed by atoms with E-state index in [1.807, 2.05) is 6.07 Å². The lowest BCUT2D eigenvalue weighted by Gasteiger charge is -2.16. The van der Waals surface area contributed by atoms with Crippen molar-refractivity contribution < 1.29 is 35.8 Å². The zero-order valence-electron chi connectivity index (χ0n) is 17.1. The van der Waals surface area contributed by atoms with Crippen LogP contribution in [0.1, 0.15) is 5.56 Å². The van der Waals surface area contributed by atoms with E-state index in [0.717, 1.165) is 17.7 Å². The SMILES string of the molecule is COc1cc(-c2ccc(OC(F)(F)F)cc2)c(S(=O)(=O)NCc2ccccc2)cc1OC. The van der Waals surface area contributed by atoms with Crippen LogP contribution in [0.3, 0.4) is 0 Å². The van der Waals surface area contributed by atoms with Gasteiger partial charge in [0.1, 0.15) is 5.75 Å². The Balaban J connectivity index is 2.03. The van der Waals surface area contributed by atoms with Crippen LogP contribution < -0.4 is 18.9 Å². The molecule has 170 valence electrons. The third kappa shape index (κ3) is 5.71. The highest BCUT2D eigenvalue weighted by atomic mass is 32.2. The van der Waals surface area contributed by atoms with Crippen molar-refractivity contribution in [3.63, 3.8) is 0 Å². The topological polar surface area (TPSA) is 73.9 Å². The van der Waals surface area contributed by atoms with Crippen LogP contribution in [0.25, 0.3) is 11.1 Å². The lowest BCUT2D eigenvalue weighted by Crippen LogP contribution is -2.24. The molecule has 3 aromatic carbocycles. The maximum Gasteiger partial charge on any atom is 0.573 e. The van der Waals surface area contributed by atoms with Crippen molar-refractivity contribution >= 4 is 10.0 Å². The lowest BCUT2D eigenvalue weighted by molar-refractivity contribution is -0.274. The second-order valence-corrected chi connectivity index (χ2v) is 8.32. The number of sulfonamides is 1. The highest BCUT2D eigenvalue weighted by molar-refractivity contribution is 7.89. The average molecular weight is 467 g/mol. The summed E-state index contributed by atoms with van der Waals surface area (Å²) in [4.78, 5) is -0.115. The summed E-state index contributed by atoms with van der Waals surface area (Å²) in [6.45, 7) is 0.0509. The molecule has 0 fully saturated rings. The molecular weight excluding hydrogens is 447 g/mol. The summed E-state index contributed by atoms with van der Waals surface area (Å²) in [5.74, 6) is 0.0295. The van der Waals surface area contributed by atoms with Gasteiger partial charge in [0.25, 0.3) is 0 Å². The van der Waals surface area contributed by atoms with Crippen molar-refractivity contribution in [3.05, 3.63) is 72.3 Å². The Labute approximate surface area is 183 Å². The van der Waals surface area contributed by atoms with E-state index < -0.39 is 22.1 Å². The quantitative estimate of drug-likeness (QED) is 0.518. The molecule has 10 heteroatoms. The minimum atomic E-state index is -4.83. The van der Waals surface area contributed by atoms with Gasteiger partial charge in [-0.15, -0.1) is 13.2 Å². The van der Waals surface area contributed by atoms with Gasteiger partial charge >= 0.3 is 6.36 Å². The summed E-state index contributed by atoms with van der Waals surface area (Å²) in [7, 11) is -1.27. The van der Waals surface area contributed by atoms with E-state index >= 15 is 0 Å². The molecule has 0 aliphatic heterocycles. The van der Waals surface area contributed by atoms with Crippen LogP contribution in [-0.4, -0.2) is 29.0 Å². The van der Waals surface area contributed by atoms with Crippen LogP contribution in [0.4, 0.5) is 13.2 Å². The third-order valence-corrected chi connectivity index (χ3v) is 5.92. The van der Waals surface area contributed by atoms with Crippen LogP contribution in [0.2, 0.25) is 0 Å². The molecule has 0 aromatic heterocycles. The van der Waals surface area contributed by atoms with Crippen molar-refractivity contribution in [1.82, 2.24) is 4.72 Å². The molecular formula is C22H20F3NO5S. The first-order valence-electron chi connectivity index (χ1n) is 9.29. The molecule has 3 rings (SSSR count). The fourth-order valence-corrected chi connectivity index (χ4v) is 4.24. The molecule has 0 heterocycles. The number of rotatable bonds is 8. The summed E-state index contributed by atoms with van der Waals surface area (Å²) in [5, 5.41) is 0. The van der Waals surface area contributed by atoms with Gasteiger partial charge in [-0.1, -0.05) is 42.5 Å². The number of halogens is 3. The molecule has 32 heavy (non-hydrogen) atoms. The van der Waals surface area contributed by atoms with Crippen molar-refractivity contribution in [1.29, 1.82) is 0 Å². The van der Waals surface area contributed by atoms with E-state index in [9.17, 15) is 21.6 Å². The fourth-order valence-electron chi connectivity index (χ4n) is 3.00. The molecule has 0 saturated carbocycles. The van der Waals surface area contributed by atoms with Gasteiger partial charge in [0.05, 0.1) is 19.1 Å². The Morgan fingerprint density at radius 2 is 1.47 bits per heavy atom. The first-order valence-corrected chi connectivity index (χ1v) is 10.8. The molecule has 0 atom stereocenters. The van der Waals surface area contributed by atoms with Gasteiger partial charge in [-0.25, -0.2) is 13.1 Å². The zero-order chi connectivity index (χ0) is 23.4. The molecule has 0 spiro atoms. The van der Waals surface area contributed by atoms with E-state index in [-0.39, 0.29) is 28.5 Å². The highest BCUT2D eigenvalue weighted by Gasteiger charge is 2.31. The van der Waals surface area contributed by atoms with Crippen LogP contribution in [-0.2, 0) is 16.6 Å². The Kier molecular flexibility index (Phi) is 6.95. The molecule has 0 amide bonds. The summed E-state index contributed by atoms with van der Waals surface area (Å²) >= 11 is 0. The van der Waals surface area contributed by atoms with Crippen molar-refractivity contribution in [2.24, 2.45) is 0 Å². The molecule has 1 N–H and O–H groups in total. The summed E-state index contributed by atoms with van der Waals surface area (Å²) in [6, 6.07) is 16.6. The zero-order valence-corrected chi connectivity index (χ0v) is 18.0. The van der Waals surface area contributed by atoms with Crippen molar-refractivity contribution in [2.45, 2.75) is 17.8 Å². The number of ether oxygens (including phenoxy) is 3. The van der Waals surface area contributed by atoms with Crippen LogP contribution in [0.5, 0.6) is 17.2 Å². The van der Waals surface area contributed by atoms with Gasteiger partial charge in [-0.2, -0.15) is 0 Å². The van der Waals surface area contributed by atoms with Gasteiger partial charge in [-0.05, 0) is 29.3 Å². The molecule has 3 aromatic rings. The Hall–Kier alpha value is -3.24. The normalized spacial score (nSPS) is 11.8. The number of hydrogen-bond acceptors (Lipinski definition) is 5. The number of nitrogens with one attached hydrogen (secondary N) is 1. The molecule has 0 aliphatic carbocycles. The molecule has 0 bridgehead atoms. The third-order valence-electron chi connectivity index (χ3n) is 4.48. The Bertz CT molecular complexity index is 1160. The number of alkyl halides is 3. The van der Waals surface area contributed by atoms with Gasteiger partial charge in [-0.3, -0.25) is 0 Å². The first-order chi connectivity index (χ1) is 15.1. The minimum Gasteiger partial charge on any atom is -0.493 e. The number of methoxy groups -OCH3 is 2. The lowest BCUT2D eigenvalue weighted by atomic mass is 10.0. The highest BCUT2D eigenvalue weighted by Crippen LogP contribution is 2.38. The van der Waals surface area contributed by atoms with Gasteiger partial charge in [0.2, 0.25) is 10.0 Å². The second kappa shape index (κ2) is 9.49. The van der Waals surface area contributed by atoms with E-state index in [0.29, 0.717) is 5.56 Å². The largest absolute Gasteiger partial charge is 0.573 e. The van der Waals surface area contributed by atoms with Crippen LogP contribution >= 0.6 is 0 Å². The predicted molar refractivity (Wildman–Crippen MR) is 112 cm³/mol. The van der Waals surface area contributed by atoms with E-state index in [1.165, 1.54) is 38.5 Å². The summed E-state index contributed by atoms with van der Waals surface area (Å²) in [5.41, 5.74) is 1.33. The minimum absolute atomic E-state index is 0.0509. The molecule has 0 aliphatic rings. The van der Waals surface area contributed by atoms with Gasteiger partial charge in [0.15, 0.2) is 11.5 Å². The van der Waals surface area contributed by atoms with E-state index in [1.54, 1.807) is 24.3 Å². The first kappa shape index (κ1) is 23.4. The van der Waals surface area contributed by atoms with E-state index in [4.69, 9.17) is 9.47 Å².